The van der Waals surface area contributed by atoms with Gasteiger partial charge >= 0.3 is 0 Å². The predicted molar refractivity (Wildman–Crippen MR) is 68.3 cm³/mol. The summed E-state index contributed by atoms with van der Waals surface area (Å²) in [6, 6.07) is 10.6. The van der Waals surface area contributed by atoms with Crippen LogP contribution in [0.5, 0.6) is 5.75 Å². The highest BCUT2D eigenvalue weighted by atomic mass is 16.5. The molecule has 0 aliphatic carbocycles. The Hall–Kier alpha value is -1.61. The Labute approximate surface area is 101 Å². The Balaban J connectivity index is 1.72. The summed E-state index contributed by atoms with van der Waals surface area (Å²) in [5.74, 6) is 0.907. The summed E-state index contributed by atoms with van der Waals surface area (Å²) < 4.78 is 5.80. The van der Waals surface area contributed by atoms with Crippen molar-refractivity contribution in [2.24, 2.45) is 0 Å². The molecule has 17 heavy (non-hydrogen) atoms. The van der Waals surface area contributed by atoms with E-state index in [1.54, 1.807) is 0 Å². The third-order valence-corrected chi connectivity index (χ3v) is 3.19. The van der Waals surface area contributed by atoms with Gasteiger partial charge in [0.2, 0.25) is 0 Å². The molecule has 1 unspecified atom stereocenters. The number of hydrogen-bond acceptors (Lipinski definition) is 3. The van der Waals surface area contributed by atoms with Crippen LogP contribution >= 0.6 is 0 Å². The van der Waals surface area contributed by atoms with E-state index < -0.39 is 0 Å². The van der Waals surface area contributed by atoms with Crippen LogP contribution in [0, 0.1) is 0 Å². The third kappa shape index (κ3) is 2.39. The van der Waals surface area contributed by atoms with Gasteiger partial charge in [-0.05, 0) is 37.6 Å². The summed E-state index contributed by atoms with van der Waals surface area (Å²) in [4.78, 5) is 4.33. The highest BCUT2D eigenvalue weighted by molar-refractivity contribution is 5.79. The first-order valence-electron chi connectivity index (χ1n) is 6.13. The summed E-state index contributed by atoms with van der Waals surface area (Å²) >= 11 is 0. The summed E-state index contributed by atoms with van der Waals surface area (Å²) in [7, 11) is 0. The highest BCUT2D eigenvalue weighted by Crippen LogP contribution is 2.19. The standard InChI is InChI=1S/C14H16N2O/c1-3-11-5-6-13(9-14(11)16-8-1)17-10-12-4-2-7-15-12/h1,3,5-6,8-9,12,15H,2,4,7,10H2. The summed E-state index contributed by atoms with van der Waals surface area (Å²) in [6.45, 7) is 1.87. The third-order valence-electron chi connectivity index (χ3n) is 3.19. The Morgan fingerprint density at radius 1 is 1.35 bits per heavy atom. The number of nitrogens with zero attached hydrogens (tertiary/aromatic N) is 1. The SMILES string of the molecule is c1cnc2cc(OCC3CCCN3)ccc2c1. The van der Waals surface area contributed by atoms with Gasteiger partial charge in [0.1, 0.15) is 12.4 Å². The van der Waals surface area contributed by atoms with Crippen LogP contribution in [-0.2, 0) is 0 Å². The van der Waals surface area contributed by atoms with Crippen molar-refractivity contribution in [2.45, 2.75) is 18.9 Å². The number of aromatic nitrogens is 1. The van der Waals surface area contributed by atoms with E-state index in [0.29, 0.717) is 6.04 Å². The minimum atomic E-state index is 0.509. The number of fused-ring (bicyclic) bond motifs is 1. The quantitative estimate of drug-likeness (QED) is 0.875. The maximum absolute atomic E-state index is 5.80. The topological polar surface area (TPSA) is 34.1 Å². The number of nitrogens with one attached hydrogen (secondary N) is 1. The lowest BCUT2D eigenvalue weighted by Crippen LogP contribution is -2.28. The van der Waals surface area contributed by atoms with Crippen molar-refractivity contribution in [2.75, 3.05) is 13.2 Å². The zero-order valence-electron chi connectivity index (χ0n) is 9.73. The van der Waals surface area contributed by atoms with E-state index in [4.69, 9.17) is 4.74 Å². The average Bonchev–Trinajstić information content (AvgIpc) is 2.89. The molecule has 1 saturated heterocycles. The molecule has 0 amide bonds. The Bertz CT molecular complexity index is 506. The molecule has 1 fully saturated rings. The Morgan fingerprint density at radius 2 is 2.35 bits per heavy atom. The zero-order chi connectivity index (χ0) is 11.5. The second-order valence-corrected chi connectivity index (χ2v) is 4.46. The molecule has 1 aromatic heterocycles. The van der Waals surface area contributed by atoms with Crippen molar-refractivity contribution >= 4 is 10.9 Å². The fourth-order valence-electron chi connectivity index (χ4n) is 2.23. The van der Waals surface area contributed by atoms with Crippen molar-refractivity contribution in [3.05, 3.63) is 36.5 Å². The predicted octanol–water partition coefficient (Wildman–Crippen LogP) is 2.37. The van der Waals surface area contributed by atoms with Crippen LogP contribution in [0.1, 0.15) is 12.8 Å². The van der Waals surface area contributed by atoms with Gasteiger partial charge in [-0.15, -0.1) is 0 Å². The molecular weight excluding hydrogens is 212 g/mol. The minimum absolute atomic E-state index is 0.509. The van der Waals surface area contributed by atoms with Crippen molar-refractivity contribution in [1.29, 1.82) is 0 Å². The molecule has 3 nitrogen and oxygen atoms in total. The molecule has 2 aromatic rings. The molecule has 2 heterocycles. The molecule has 0 saturated carbocycles. The summed E-state index contributed by atoms with van der Waals surface area (Å²) in [5, 5.41) is 4.58. The van der Waals surface area contributed by atoms with Crippen LogP contribution in [0.3, 0.4) is 0 Å². The van der Waals surface area contributed by atoms with Crippen molar-refractivity contribution in [1.82, 2.24) is 10.3 Å². The Kier molecular flexibility index (Phi) is 2.92. The van der Waals surface area contributed by atoms with Crippen LogP contribution in [0.25, 0.3) is 10.9 Å². The first-order valence-corrected chi connectivity index (χ1v) is 6.13. The molecule has 1 aromatic carbocycles. The Morgan fingerprint density at radius 3 is 3.24 bits per heavy atom. The van der Waals surface area contributed by atoms with Gasteiger partial charge in [-0.2, -0.15) is 0 Å². The van der Waals surface area contributed by atoms with E-state index in [9.17, 15) is 0 Å². The monoisotopic (exact) mass is 228 g/mol. The van der Waals surface area contributed by atoms with Gasteiger partial charge in [0, 0.05) is 23.7 Å². The first kappa shape index (κ1) is 10.5. The van der Waals surface area contributed by atoms with Gasteiger partial charge in [0.25, 0.3) is 0 Å². The van der Waals surface area contributed by atoms with Crippen LogP contribution < -0.4 is 10.1 Å². The average molecular weight is 228 g/mol. The maximum atomic E-state index is 5.80. The number of ether oxygens (including phenoxy) is 1. The second-order valence-electron chi connectivity index (χ2n) is 4.46. The van der Waals surface area contributed by atoms with Crippen LogP contribution in [-0.4, -0.2) is 24.2 Å². The van der Waals surface area contributed by atoms with Gasteiger partial charge in [-0.1, -0.05) is 6.07 Å². The molecule has 1 aliphatic rings. The van der Waals surface area contributed by atoms with E-state index in [-0.39, 0.29) is 0 Å². The van der Waals surface area contributed by atoms with E-state index in [2.05, 4.69) is 22.4 Å². The molecule has 88 valence electrons. The lowest BCUT2D eigenvalue weighted by molar-refractivity contribution is 0.277. The van der Waals surface area contributed by atoms with Crippen molar-refractivity contribution in [3.63, 3.8) is 0 Å². The number of rotatable bonds is 3. The molecule has 1 atom stereocenters. The number of benzene rings is 1. The van der Waals surface area contributed by atoms with Gasteiger partial charge in [-0.3, -0.25) is 4.98 Å². The molecule has 1 N–H and O–H groups in total. The van der Waals surface area contributed by atoms with Crippen LogP contribution in [0.2, 0.25) is 0 Å². The summed E-state index contributed by atoms with van der Waals surface area (Å²) in [5.41, 5.74) is 0.990. The maximum Gasteiger partial charge on any atom is 0.121 e. The molecule has 0 radical (unpaired) electrons. The van der Waals surface area contributed by atoms with E-state index in [1.165, 1.54) is 12.8 Å². The smallest absolute Gasteiger partial charge is 0.121 e. The molecule has 1 aliphatic heterocycles. The highest BCUT2D eigenvalue weighted by Gasteiger charge is 2.14. The molecule has 3 rings (SSSR count). The largest absolute Gasteiger partial charge is 0.492 e. The fourth-order valence-corrected chi connectivity index (χ4v) is 2.23. The molecule has 0 spiro atoms. The normalized spacial score (nSPS) is 19.6. The van der Waals surface area contributed by atoms with Crippen LogP contribution in [0.15, 0.2) is 36.5 Å². The number of hydrogen-bond donors (Lipinski definition) is 1. The van der Waals surface area contributed by atoms with Gasteiger partial charge in [0.05, 0.1) is 5.52 Å². The van der Waals surface area contributed by atoms with Gasteiger partial charge in [0.15, 0.2) is 0 Å². The lowest BCUT2D eigenvalue weighted by atomic mass is 10.2. The van der Waals surface area contributed by atoms with Gasteiger partial charge < -0.3 is 10.1 Å². The van der Waals surface area contributed by atoms with Crippen molar-refractivity contribution in [3.8, 4) is 5.75 Å². The van der Waals surface area contributed by atoms with E-state index >= 15 is 0 Å². The molecule has 3 heteroatoms. The van der Waals surface area contributed by atoms with Gasteiger partial charge in [-0.25, -0.2) is 0 Å². The van der Waals surface area contributed by atoms with Crippen LogP contribution in [0.4, 0.5) is 0 Å². The molecule has 0 bridgehead atoms. The minimum Gasteiger partial charge on any atom is -0.492 e. The summed E-state index contributed by atoms with van der Waals surface area (Å²) in [6.07, 6.45) is 4.28. The van der Waals surface area contributed by atoms with E-state index in [1.807, 2.05) is 24.4 Å². The van der Waals surface area contributed by atoms with Crippen molar-refractivity contribution < 1.29 is 4.74 Å². The fraction of sp³-hybridized carbons (Fsp3) is 0.357. The zero-order valence-corrected chi connectivity index (χ0v) is 9.73. The first-order chi connectivity index (χ1) is 8.42. The second kappa shape index (κ2) is 4.72. The van der Waals surface area contributed by atoms with E-state index in [0.717, 1.165) is 29.8 Å². The number of pyridine rings is 1. The lowest BCUT2D eigenvalue weighted by Gasteiger charge is -2.12. The molecular formula is C14H16N2O.